The number of alkyl halides is 3. The molecular formula is C25H26F3N5O2. The second-order valence-electron chi connectivity index (χ2n) is 9.21. The molecule has 35 heavy (non-hydrogen) atoms. The second kappa shape index (κ2) is 9.21. The van der Waals surface area contributed by atoms with Gasteiger partial charge >= 0.3 is 6.18 Å². The molecule has 0 saturated carbocycles. The highest BCUT2D eigenvalue weighted by molar-refractivity contribution is 5.93. The van der Waals surface area contributed by atoms with E-state index >= 15 is 0 Å². The molecule has 1 N–H and O–H groups in total. The topological polar surface area (TPSA) is 89.3 Å². The molecular weight excluding hydrogens is 459 g/mol. The fourth-order valence-corrected chi connectivity index (χ4v) is 5.28. The van der Waals surface area contributed by atoms with Crippen LogP contribution in [0.1, 0.15) is 40.0 Å². The Morgan fingerprint density at radius 3 is 2.54 bits per heavy atom. The Morgan fingerprint density at radius 1 is 1.23 bits per heavy atom. The van der Waals surface area contributed by atoms with Crippen LogP contribution in [0.2, 0.25) is 0 Å². The number of hydrogen-bond acceptors (Lipinski definition) is 5. The van der Waals surface area contributed by atoms with Crippen LogP contribution in [-0.2, 0) is 11.0 Å². The number of pyridine rings is 1. The van der Waals surface area contributed by atoms with Crippen molar-refractivity contribution in [3.05, 3.63) is 58.9 Å². The number of benzene rings is 1. The molecule has 2 aromatic rings. The SMILES string of the molecule is CNC(=O)C1CN(c2ccc(C#N)c(C(F)(F)F)c2)CC12CCN(C(=O)c1ncccc1C)CC2. The second-order valence-corrected chi connectivity index (χ2v) is 9.21. The molecule has 2 amide bonds. The average Bonchev–Trinajstić information content (AvgIpc) is 3.21. The van der Waals surface area contributed by atoms with E-state index in [1.165, 1.54) is 12.1 Å². The zero-order valence-corrected chi connectivity index (χ0v) is 19.5. The van der Waals surface area contributed by atoms with E-state index in [4.69, 9.17) is 5.26 Å². The number of piperidine rings is 1. The lowest BCUT2D eigenvalue weighted by Gasteiger charge is -2.42. The van der Waals surface area contributed by atoms with Crippen molar-refractivity contribution >= 4 is 17.5 Å². The van der Waals surface area contributed by atoms with E-state index in [1.807, 2.05) is 13.0 Å². The molecule has 7 nitrogen and oxygen atoms in total. The molecule has 10 heteroatoms. The molecule has 1 atom stereocenters. The maximum absolute atomic E-state index is 13.5. The number of nitrogens with one attached hydrogen (secondary N) is 1. The van der Waals surface area contributed by atoms with Crippen LogP contribution < -0.4 is 10.2 Å². The van der Waals surface area contributed by atoms with E-state index < -0.39 is 28.6 Å². The first-order valence-electron chi connectivity index (χ1n) is 11.4. The van der Waals surface area contributed by atoms with Gasteiger partial charge in [0, 0.05) is 50.5 Å². The molecule has 1 aromatic carbocycles. The minimum atomic E-state index is -4.66. The van der Waals surface area contributed by atoms with Crippen LogP contribution in [0.25, 0.3) is 0 Å². The number of hydrogen-bond donors (Lipinski definition) is 1. The average molecular weight is 486 g/mol. The Kier molecular flexibility index (Phi) is 6.45. The van der Waals surface area contributed by atoms with Crippen molar-refractivity contribution < 1.29 is 22.8 Å². The number of halogens is 3. The van der Waals surface area contributed by atoms with Crippen molar-refractivity contribution in [3.63, 3.8) is 0 Å². The fraction of sp³-hybridized carbons (Fsp3) is 0.440. The van der Waals surface area contributed by atoms with Gasteiger partial charge < -0.3 is 15.1 Å². The maximum Gasteiger partial charge on any atom is 0.417 e. The van der Waals surface area contributed by atoms with E-state index in [0.29, 0.717) is 43.9 Å². The standard InChI is InChI=1S/C25H26F3N5O2/c1-16-4-3-9-31-21(16)23(35)32-10-7-24(8-11-32)15-33(14-20(24)22(34)30-2)18-6-5-17(13-29)19(12-18)25(26,27)28/h3-6,9,12,20H,7-8,10-11,14-15H2,1-2H3,(H,30,34). The molecule has 184 valence electrons. The minimum Gasteiger partial charge on any atom is -0.370 e. The summed E-state index contributed by atoms with van der Waals surface area (Å²) < 4.78 is 40.6. The lowest BCUT2D eigenvalue weighted by molar-refractivity contribution is -0.137. The quantitative estimate of drug-likeness (QED) is 0.720. The molecule has 0 aliphatic carbocycles. The summed E-state index contributed by atoms with van der Waals surface area (Å²) >= 11 is 0. The summed E-state index contributed by atoms with van der Waals surface area (Å²) in [5.74, 6) is -0.768. The Labute approximate surface area is 201 Å². The van der Waals surface area contributed by atoms with Gasteiger partial charge in [0.1, 0.15) is 5.69 Å². The van der Waals surface area contributed by atoms with Crippen molar-refractivity contribution in [1.29, 1.82) is 5.26 Å². The summed E-state index contributed by atoms with van der Waals surface area (Å²) in [4.78, 5) is 33.6. The number of carbonyl (C=O) groups excluding carboxylic acids is 2. The normalized spacial score (nSPS) is 19.5. The molecule has 0 bridgehead atoms. The zero-order valence-electron chi connectivity index (χ0n) is 19.5. The van der Waals surface area contributed by atoms with Crippen molar-refractivity contribution in [3.8, 4) is 6.07 Å². The van der Waals surface area contributed by atoms with Gasteiger partial charge in [0.25, 0.3) is 5.91 Å². The molecule has 1 unspecified atom stereocenters. The third-order valence-corrected chi connectivity index (χ3v) is 7.26. The predicted octanol–water partition coefficient (Wildman–Crippen LogP) is 3.39. The third-order valence-electron chi connectivity index (χ3n) is 7.26. The Balaban J connectivity index is 1.58. The fourth-order valence-electron chi connectivity index (χ4n) is 5.28. The smallest absolute Gasteiger partial charge is 0.370 e. The largest absolute Gasteiger partial charge is 0.417 e. The molecule has 1 spiro atoms. The van der Waals surface area contributed by atoms with Crippen LogP contribution in [0.15, 0.2) is 36.5 Å². The summed E-state index contributed by atoms with van der Waals surface area (Å²) in [7, 11) is 1.55. The first-order valence-corrected chi connectivity index (χ1v) is 11.4. The van der Waals surface area contributed by atoms with E-state index in [-0.39, 0.29) is 18.4 Å². The first kappa shape index (κ1) is 24.5. The number of anilines is 1. The summed E-state index contributed by atoms with van der Waals surface area (Å²) in [5.41, 5.74) is -0.395. The number of aromatic nitrogens is 1. The van der Waals surface area contributed by atoms with Gasteiger partial charge in [-0.2, -0.15) is 18.4 Å². The van der Waals surface area contributed by atoms with E-state index in [2.05, 4.69) is 10.3 Å². The molecule has 2 saturated heterocycles. The minimum absolute atomic E-state index is 0.161. The number of amides is 2. The van der Waals surface area contributed by atoms with Gasteiger partial charge in [-0.25, -0.2) is 0 Å². The number of aryl methyl sites for hydroxylation is 1. The molecule has 0 radical (unpaired) electrons. The summed E-state index contributed by atoms with van der Waals surface area (Å²) in [6, 6.07) is 8.86. The van der Waals surface area contributed by atoms with Gasteiger partial charge in [0.2, 0.25) is 5.91 Å². The summed E-state index contributed by atoms with van der Waals surface area (Å²) in [6.07, 6.45) is -1.99. The van der Waals surface area contributed by atoms with Crippen molar-refractivity contribution in [2.24, 2.45) is 11.3 Å². The molecule has 4 rings (SSSR count). The van der Waals surface area contributed by atoms with Gasteiger partial charge in [-0.1, -0.05) is 6.07 Å². The number of rotatable bonds is 3. The van der Waals surface area contributed by atoms with Crippen LogP contribution >= 0.6 is 0 Å². The highest BCUT2D eigenvalue weighted by atomic mass is 19.4. The Morgan fingerprint density at radius 2 is 1.94 bits per heavy atom. The number of carbonyl (C=O) groups is 2. The van der Waals surface area contributed by atoms with Crippen LogP contribution in [0.4, 0.5) is 18.9 Å². The number of likely N-dealkylation sites (tertiary alicyclic amines) is 1. The molecule has 2 aliphatic rings. The van der Waals surface area contributed by atoms with Crippen LogP contribution in [0.5, 0.6) is 0 Å². The van der Waals surface area contributed by atoms with Gasteiger partial charge in [0.05, 0.1) is 23.1 Å². The summed E-state index contributed by atoms with van der Waals surface area (Å²) in [6.45, 7) is 3.33. The third kappa shape index (κ3) is 4.55. The Hall–Kier alpha value is -3.61. The molecule has 3 heterocycles. The predicted molar refractivity (Wildman–Crippen MR) is 122 cm³/mol. The van der Waals surface area contributed by atoms with Crippen molar-refractivity contribution in [1.82, 2.24) is 15.2 Å². The van der Waals surface area contributed by atoms with Gasteiger partial charge in [-0.05, 0) is 49.6 Å². The van der Waals surface area contributed by atoms with Gasteiger partial charge in [-0.3, -0.25) is 14.6 Å². The van der Waals surface area contributed by atoms with Crippen LogP contribution in [0.3, 0.4) is 0 Å². The Bertz CT molecular complexity index is 1180. The molecule has 2 aliphatic heterocycles. The lowest BCUT2D eigenvalue weighted by atomic mass is 9.70. The van der Waals surface area contributed by atoms with Crippen LogP contribution in [0, 0.1) is 29.6 Å². The van der Waals surface area contributed by atoms with E-state index in [1.54, 1.807) is 35.2 Å². The van der Waals surface area contributed by atoms with Crippen molar-refractivity contribution in [2.45, 2.75) is 25.9 Å². The molecule has 2 fully saturated rings. The zero-order chi connectivity index (χ0) is 25.4. The highest BCUT2D eigenvalue weighted by Gasteiger charge is 2.51. The van der Waals surface area contributed by atoms with E-state index in [0.717, 1.165) is 11.6 Å². The summed E-state index contributed by atoms with van der Waals surface area (Å²) in [5, 5.41) is 11.8. The van der Waals surface area contributed by atoms with Crippen LogP contribution in [-0.4, -0.2) is 54.9 Å². The van der Waals surface area contributed by atoms with Gasteiger partial charge in [-0.15, -0.1) is 0 Å². The maximum atomic E-state index is 13.5. The number of nitrogens with zero attached hydrogens (tertiary/aromatic N) is 4. The van der Waals surface area contributed by atoms with E-state index in [9.17, 15) is 22.8 Å². The lowest BCUT2D eigenvalue weighted by Crippen LogP contribution is -2.49. The number of nitriles is 1. The highest BCUT2D eigenvalue weighted by Crippen LogP contribution is 2.47. The van der Waals surface area contributed by atoms with Crippen molar-refractivity contribution in [2.75, 3.05) is 38.1 Å². The first-order chi connectivity index (χ1) is 16.6. The van der Waals surface area contributed by atoms with Gasteiger partial charge in [0.15, 0.2) is 0 Å². The monoisotopic (exact) mass is 485 g/mol. The molecule has 1 aromatic heterocycles.